The van der Waals surface area contributed by atoms with Gasteiger partial charge in [0.25, 0.3) is 0 Å². The molecule has 0 spiro atoms. The van der Waals surface area contributed by atoms with Gasteiger partial charge < -0.3 is 20.4 Å². The molecule has 0 atom stereocenters. The van der Waals surface area contributed by atoms with E-state index in [-0.39, 0.29) is 24.3 Å². The number of aliphatic carboxylic acids is 2. The number of hydrogen-bond donors (Lipinski definition) is 4. The Balaban J connectivity index is 0.000000281. The van der Waals surface area contributed by atoms with Crippen molar-refractivity contribution in [3.8, 4) is 11.5 Å². The van der Waals surface area contributed by atoms with Gasteiger partial charge in [0.2, 0.25) is 0 Å². The van der Waals surface area contributed by atoms with E-state index >= 15 is 0 Å². The minimum Gasteiger partial charge on any atom is -0.508 e. The van der Waals surface area contributed by atoms with Crippen LogP contribution in [-0.4, -0.2) is 32.4 Å². The summed E-state index contributed by atoms with van der Waals surface area (Å²) in [5.41, 5.74) is 0. The fraction of sp³-hybridized carbons (Fsp3) is 0.200. The molecule has 0 amide bonds. The van der Waals surface area contributed by atoms with Gasteiger partial charge in [-0.2, -0.15) is 0 Å². The first-order valence-corrected chi connectivity index (χ1v) is 4.33. The van der Waals surface area contributed by atoms with Crippen molar-refractivity contribution < 1.29 is 30.0 Å². The Morgan fingerprint density at radius 1 is 0.938 bits per heavy atom. The molecule has 0 aromatic heterocycles. The molecule has 0 bridgehead atoms. The van der Waals surface area contributed by atoms with Crippen molar-refractivity contribution in [3.63, 3.8) is 0 Å². The van der Waals surface area contributed by atoms with Gasteiger partial charge in [0.1, 0.15) is 11.5 Å². The second-order valence-electron chi connectivity index (χ2n) is 2.81. The van der Waals surface area contributed by atoms with Crippen LogP contribution in [0, 0.1) is 0 Å². The van der Waals surface area contributed by atoms with Crippen molar-refractivity contribution in [1.29, 1.82) is 0 Å². The number of aromatic hydroxyl groups is 2. The summed E-state index contributed by atoms with van der Waals surface area (Å²) in [6.45, 7) is 0. The first-order chi connectivity index (χ1) is 7.41. The number of phenolic OH excluding ortho intramolecular Hbond substituents is 2. The van der Waals surface area contributed by atoms with E-state index in [0.717, 1.165) is 0 Å². The second-order valence-corrected chi connectivity index (χ2v) is 2.81. The number of hydrogen-bond acceptors (Lipinski definition) is 4. The summed E-state index contributed by atoms with van der Waals surface area (Å²) < 4.78 is 0. The average molecular weight is 228 g/mol. The molecular weight excluding hydrogens is 216 g/mol. The number of carboxylic acid groups (broad SMARTS) is 2. The lowest BCUT2D eigenvalue weighted by atomic mass is 10.3. The van der Waals surface area contributed by atoms with Crippen LogP contribution in [0.2, 0.25) is 0 Å². The number of benzene rings is 1. The van der Waals surface area contributed by atoms with E-state index in [1.807, 2.05) is 0 Å². The van der Waals surface area contributed by atoms with Gasteiger partial charge in [-0.15, -0.1) is 0 Å². The molecule has 0 saturated carbocycles. The fourth-order valence-corrected chi connectivity index (χ4v) is 0.707. The molecule has 0 saturated heterocycles. The monoisotopic (exact) mass is 228 g/mol. The molecule has 6 heteroatoms. The third-order valence-electron chi connectivity index (χ3n) is 1.38. The molecule has 6 nitrogen and oxygen atoms in total. The van der Waals surface area contributed by atoms with Crippen LogP contribution in [0.15, 0.2) is 24.3 Å². The minimum atomic E-state index is -1.08. The highest BCUT2D eigenvalue weighted by Gasteiger charge is 2.00. The molecule has 0 heterocycles. The third kappa shape index (κ3) is 8.36. The van der Waals surface area contributed by atoms with Crippen molar-refractivity contribution in [3.05, 3.63) is 24.3 Å². The summed E-state index contributed by atoms with van der Waals surface area (Å²) in [5, 5.41) is 33.1. The molecule has 16 heavy (non-hydrogen) atoms. The molecule has 88 valence electrons. The summed E-state index contributed by atoms with van der Waals surface area (Å²) >= 11 is 0. The van der Waals surface area contributed by atoms with Crippen LogP contribution in [0.3, 0.4) is 0 Å². The van der Waals surface area contributed by atoms with Crippen LogP contribution >= 0.6 is 0 Å². The molecule has 0 fully saturated rings. The minimum absolute atomic E-state index is 0.0880. The number of carboxylic acids is 2. The van der Waals surface area contributed by atoms with E-state index in [2.05, 4.69) is 0 Å². The van der Waals surface area contributed by atoms with Gasteiger partial charge in [-0.25, -0.2) is 0 Å². The van der Waals surface area contributed by atoms with E-state index in [1.54, 1.807) is 6.07 Å². The summed E-state index contributed by atoms with van der Waals surface area (Å²) in [6, 6.07) is 5.85. The van der Waals surface area contributed by atoms with Crippen molar-refractivity contribution in [2.24, 2.45) is 0 Å². The standard InChI is InChI=1S/C6H6O2.C4H6O4/c7-5-2-1-3-6(8)4-5;5-3(6)1-2-4(7)8/h1-4,7-8H;1-2H2,(H,5,6)(H,7,8). The molecular formula is C10H12O6. The summed E-state index contributed by atoms with van der Waals surface area (Å²) in [5.74, 6) is -1.98. The van der Waals surface area contributed by atoms with Crippen LogP contribution in [0.1, 0.15) is 12.8 Å². The Hall–Kier alpha value is -2.24. The van der Waals surface area contributed by atoms with Gasteiger partial charge in [0.05, 0.1) is 12.8 Å². The Morgan fingerprint density at radius 3 is 1.50 bits per heavy atom. The highest BCUT2D eigenvalue weighted by molar-refractivity contribution is 5.75. The van der Waals surface area contributed by atoms with Crippen molar-refractivity contribution in [2.45, 2.75) is 12.8 Å². The maximum Gasteiger partial charge on any atom is 0.303 e. The molecule has 1 aromatic carbocycles. The predicted octanol–water partition coefficient (Wildman–Crippen LogP) is 1.03. The van der Waals surface area contributed by atoms with Crippen molar-refractivity contribution >= 4 is 11.9 Å². The maximum atomic E-state index is 9.64. The first-order valence-electron chi connectivity index (χ1n) is 4.33. The number of carbonyl (C=O) groups is 2. The normalized spacial score (nSPS) is 8.75. The van der Waals surface area contributed by atoms with E-state index in [1.165, 1.54) is 18.2 Å². The van der Waals surface area contributed by atoms with E-state index < -0.39 is 11.9 Å². The summed E-state index contributed by atoms with van der Waals surface area (Å²) in [7, 11) is 0. The molecule has 0 aliphatic rings. The zero-order chi connectivity index (χ0) is 12.6. The fourth-order valence-electron chi connectivity index (χ4n) is 0.707. The van der Waals surface area contributed by atoms with E-state index in [0.29, 0.717) is 0 Å². The van der Waals surface area contributed by atoms with Gasteiger partial charge in [-0.3, -0.25) is 9.59 Å². The lowest BCUT2D eigenvalue weighted by molar-refractivity contribution is -0.143. The molecule has 0 aliphatic carbocycles. The average Bonchev–Trinajstić information content (AvgIpc) is 2.15. The Morgan fingerprint density at radius 2 is 1.31 bits per heavy atom. The van der Waals surface area contributed by atoms with Gasteiger partial charge in [0, 0.05) is 6.07 Å². The molecule has 0 aliphatic heterocycles. The number of rotatable bonds is 3. The van der Waals surface area contributed by atoms with Gasteiger partial charge in [-0.1, -0.05) is 6.07 Å². The van der Waals surface area contributed by atoms with Crippen LogP contribution in [0.4, 0.5) is 0 Å². The predicted molar refractivity (Wildman–Crippen MR) is 54.3 cm³/mol. The van der Waals surface area contributed by atoms with Gasteiger partial charge in [-0.05, 0) is 12.1 Å². The first kappa shape index (κ1) is 13.8. The van der Waals surface area contributed by atoms with Crippen LogP contribution < -0.4 is 0 Å². The SMILES string of the molecule is O=C(O)CCC(=O)O.Oc1cccc(O)c1. The second kappa shape index (κ2) is 7.10. The molecule has 1 rings (SSSR count). The number of phenols is 2. The topological polar surface area (TPSA) is 115 Å². The maximum absolute atomic E-state index is 9.64. The molecule has 4 N–H and O–H groups in total. The van der Waals surface area contributed by atoms with Gasteiger partial charge in [0.15, 0.2) is 0 Å². The van der Waals surface area contributed by atoms with Crippen molar-refractivity contribution in [2.75, 3.05) is 0 Å². The lowest BCUT2D eigenvalue weighted by Crippen LogP contribution is -2.00. The zero-order valence-electron chi connectivity index (χ0n) is 8.33. The van der Waals surface area contributed by atoms with E-state index in [9.17, 15) is 9.59 Å². The van der Waals surface area contributed by atoms with Crippen LogP contribution in [0.25, 0.3) is 0 Å². The highest BCUT2D eigenvalue weighted by atomic mass is 16.4. The largest absolute Gasteiger partial charge is 0.508 e. The summed E-state index contributed by atoms with van der Waals surface area (Å²) in [4.78, 5) is 19.3. The smallest absolute Gasteiger partial charge is 0.303 e. The Kier molecular flexibility index (Phi) is 6.11. The van der Waals surface area contributed by atoms with Crippen molar-refractivity contribution in [1.82, 2.24) is 0 Å². The molecule has 1 aromatic rings. The molecule has 0 unspecified atom stereocenters. The Bertz CT molecular complexity index is 329. The van der Waals surface area contributed by atoms with Crippen LogP contribution in [0.5, 0.6) is 11.5 Å². The van der Waals surface area contributed by atoms with Crippen LogP contribution in [-0.2, 0) is 9.59 Å². The highest BCUT2D eigenvalue weighted by Crippen LogP contribution is 2.14. The van der Waals surface area contributed by atoms with Gasteiger partial charge >= 0.3 is 11.9 Å². The zero-order valence-corrected chi connectivity index (χ0v) is 8.33. The molecule has 0 radical (unpaired) electrons. The summed E-state index contributed by atoms with van der Waals surface area (Å²) in [6.07, 6.45) is -0.593. The third-order valence-corrected chi connectivity index (χ3v) is 1.38. The quantitative estimate of drug-likeness (QED) is 0.614. The lowest BCUT2D eigenvalue weighted by Gasteiger charge is -1.89. The Labute approximate surface area is 91.4 Å². The van der Waals surface area contributed by atoms with E-state index in [4.69, 9.17) is 20.4 Å².